The predicted molar refractivity (Wildman–Crippen MR) is 113 cm³/mol. The van der Waals surface area contributed by atoms with E-state index in [2.05, 4.69) is 18.4 Å². The Morgan fingerprint density at radius 3 is 2.57 bits per heavy atom. The maximum Gasteiger partial charge on any atom is 0.331 e. The number of ether oxygens (including phenoxy) is 4. The Labute approximate surface area is 176 Å². The van der Waals surface area contributed by atoms with Crippen molar-refractivity contribution in [3.8, 4) is 17.2 Å². The van der Waals surface area contributed by atoms with Crippen molar-refractivity contribution in [2.75, 3.05) is 26.9 Å². The topological polar surface area (TPSA) is 76.0 Å². The van der Waals surface area contributed by atoms with Gasteiger partial charge < -0.3 is 23.5 Å². The van der Waals surface area contributed by atoms with E-state index in [9.17, 15) is 9.59 Å². The van der Waals surface area contributed by atoms with E-state index in [0.29, 0.717) is 41.6 Å². The Balaban J connectivity index is 1.64. The van der Waals surface area contributed by atoms with Crippen LogP contribution in [0.15, 0.2) is 24.3 Å². The second-order valence-electron chi connectivity index (χ2n) is 7.36. The van der Waals surface area contributed by atoms with Crippen molar-refractivity contribution >= 4 is 17.8 Å². The Hall–Kier alpha value is -3.22. The molecule has 0 amide bonds. The third kappa shape index (κ3) is 4.50. The second-order valence-corrected chi connectivity index (χ2v) is 7.36. The van der Waals surface area contributed by atoms with Crippen LogP contribution in [-0.2, 0) is 9.53 Å². The first-order chi connectivity index (χ1) is 14.3. The van der Waals surface area contributed by atoms with Gasteiger partial charge in [-0.1, -0.05) is 0 Å². The number of methoxy groups -OCH3 is 1. The van der Waals surface area contributed by atoms with Crippen molar-refractivity contribution < 1.29 is 28.5 Å². The SMILES string of the molecule is COc1cc(/C=C/C(=O)OCC(=O)c2cc(C)n(C(C)C)c2C)cc2c1OCCO2. The van der Waals surface area contributed by atoms with Gasteiger partial charge in [0.05, 0.1) is 7.11 Å². The number of aromatic nitrogens is 1. The molecule has 0 saturated heterocycles. The zero-order valence-electron chi connectivity index (χ0n) is 18.0. The molecule has 1 aromatic carbocycles. The van der Waals surface area contributed by atoms with E-state index in [1.54, 1.807) is 18.2 Å². The first kappa shape index (κ1) is 21.5. The lowest BCUT2D eigenvalue weighted by Crippen LogP contribution is -2.16. The highest BCUT2D eigenvalue weighted by molar-refractivity contribution is 6.00. The molecule has 0 fully saturated rings. The van der Waals surface area contributed by atoms with Crippen molar-refractivity contribution in [3.05, 3.63) is 46.8 Å². The number of carbonyl (C=O) groups is 2. The van der Waals surface area contributed by atoms with Crippen LogP contribution in [0.25, 0.3) is 6.08 Å². The molecule has 0 atom stereocenters. The normalized spacial score (nSPS) is 13.0. The summed E-state index contributed by atoms with van der Waals surface area (Å²) in [6, 6.07) is 5.58. The van der Waals surface area contributed by atoms with Gasteiger partial charge in [0.1, 0.15) is 13.2 Å². The Morgan fingerprint density at radius 2 is 1.90 bits per heavy atom. The van der Waals surface area contributed by atoms with Crippen LogP contribution in [0.3, 0.4) is 0 Å². The number of nitrogens with zero attached hydrogens (tertiary/aromatic N) is 1. The molecule has 0 saturated carbocycles. The average molecular weight is 413 g/mol. The molecule has 30 heavy (non-hydrogen) atoms. The molecule has 1 aliphatic heterocycles. The van der Waals surface area contributed by atoms with Crippen molar-refractivity contribution in [2.45, 2.75) is 33.7 Å². The van der Waals surface area contributed by atoms with Gasteiger partial charge in [-0.2, -0.15) is 0 Å². The van der Waals surface area contributed by atoms with Gasteiger partial charge in [-0.05, 0) is 57.5 Å². The summed E-state index contributed by atoms with van der Waals surface area (Å²) in [5.74, 6) is 0.806. The van der Waals surface area contributed by atoms with E-state index in [1.165, 1.54) is 13.2 Å². The molecular weight excluding hydrogens is 386 g/mol. The lowest BCUT2D eigenvalue weighted by Gasteiger charge is -2.20. The molecule has 0 aliphatic carbocycles. The maximum atomic E-state index is 12.5. The number of benzene rings is 1. The Kier molecular flexibility index (Phi) is 6.50. The van der Waals surface area contributed by atoms with Gasteiger partial charge in [0, 0.05) is 29.1 Å². The molecule has 3 rings (SSSR count). The quantitative estimate of drug-likeness (QED) is 0.389. The molecule has 7 nitrogen and oxygen atoms in total. The van der Waals surface area contributed by atoms with Crippen LogP contribution >= 0.6 is 0 Å². The van der Waals surface area contributed by atoms with Gasteiger partial charge in [0.25, 0.3) is 0 Å². The third-order valence-corrected chi connectivity index (χ3v) is 4.91. The number of hydrogen-bond donors (Lipinski definition) is 0. The highest BCUT2D eigenvalue weighted by Gasteiger charge is 2.19. The van der Waals surface area contributed by atoms with E-state index in [1.807, 2.05) is 19.9 Å². The Morgan fingerprint density at radius 1 is 1.17 bits per heavy atom. The first-order valence-corrected chi connectivity index (χ1v) is 9.86. The molecule has 160 valence electrons. The minimum Gasteiger partial charge on any atom is -0.493 e. The summed E-state index contributed by atoms with van der Waals surface area (Å²) in [4.78, 5) is 24.6. The highest BCUT2D eigenvalue weighted by Crippen LogP contribution is 2.40. The third-order valence-electron chi connectivity index (χ3n) is 4.91. The van der Waals surface area contributed by atoms with E-state index < -0.39 is 5.97 Å². The van der Waals surface area contributed by atoms with Crippen LogP contribution in [0.2, 0.25) is 0 Å². The summed E-state index contributed by atoms with van der Waals surface area (Å²) in [5, 5.41) is 0. The Bertz CT molecular complexity index is 969. The highest BCUT2D eigenvalue weighted by atomic mass is 16.6. The van der Waals surface area contributed by atoms with Crippen LogP contribution in [0, 0.1) is 13.8 Å². The van der Waals surface area contributed by atoms with Crippen molar-refractivity contribution in [2.24, 2.45) is 0 Å². The van der Waals surface area contributed by atoms with Gasteiger partial charge in [0.2, 0.25) is 11.5 Å². The molecule has 1 aromatic heterocycles. The number of ketones is 1. The summed E-state index contributed by atoms with van der Waals surface area (Å²) in [6.45, 7) is 8.58. The molecule has 0 radical (unpaired) electrons. The van der Waals surface area contributed by atoms with Crippen LogP contribution < -0.4 is 14.2 Å². The summed E-state index contributed by atoms with van der Waals surface area (Å²) in [5.41, 5.74) is 3.15. The summed E-state index contributed by atoms with van der Waals surface area (Å²) >= 11 is 0. The van der Waals surface area contributed by atoms with Gasteiger partial charge in [0.15, 0.2) is 18.1 Å². The zero-order valence-corrected chi connectivity index (χ0v) is 18.0. The molecule has 2 aromatic rings. The van der Waals surface area contributed by atoms with Crippen molar-refractivity contribution in [3.63, 3.8) is 0 Å². The minimum atomic E-state index is -0.602. The number of aryl methyl sites for hydroxylation is 1. The molecule has 0 spiro atoms. The van der Waals surface area contributed by atoms with Crippen molar-refractivity contribution in [1.29, 1.82) is 0 Å². The summed E-state index contributed by atoms with van der Waals surface area (Å²) in [7, 11) is 1.54. The van der Waals surface area contributed by atoms with Crippen molar-refractivity contribution in [1.82, 2.24) is 4.57 Å². The number of esters is 1. The maximum absolute atomic E-state index is 12.5. The van der Waals surface area contributed by atoms with E-state index in [-0.39, 0.29) is 18.4 Å². The molecule has 2 heterocycles. The van der Waals surface area contributed by atoms with Crippen LogP contribution in [0.1, 0.15) is 47.2 Å². The fourth-order valence-electron chi connectivity index (χ4n) is 3.67. The number of Topliss-reactive ketones (excluding diaryl/α,β-unsaturated/α-hetero) is 1. The molecule has 0 bridgehead atoms. The molecular formula is C23H27NO6. The monoisotopic (exact) mass is 413 g/mol. The zero-order chi connectivity index (χ0) is 21.8. The molecule has 1 aliphatic rings. The lowest BCUT2D eigenvalue weighted by molar-refractivity contribution is -0.136. The van der Waals surface area contributed by atoms with Crippen LogP contribution in [0.4, 0.5) is 0 Å². The number of carbonyl (C=O) groups excluding carboxylic acids is 2. The van der Waals surface area contributed by atoms with Gasteiger partial charge in [-0.15, -0.1) is 0 Å². The van der Waals surface area contributed by atoms with Gasteiger partial charge in [-0.25, -0.2) is 4.79 Å². The largest absolute Gasteiger partial charge is 0.493 e. The molecule has 7 heteroatoms. The van der Waals surface area contributed by atoms with Gasteiger partial charge >= 0.3 is 5.97 Å². The number of hydrogen-bond acceptors (Lipinski definition) is 6. The summed E-state index contributed by atoms with van der Waals surface area (Å²) in [6.07, 6.45) is 2.85. The predicted octanol–water partition coefficient (Wildman–Crippen LogP) is 3.90. The second kappa shape index (κ2) is 9.07. The standard InChI is InChI=1S/C23H27NO6/c1-14(2)24-15(3)10-18(16(24)4)19(25)13-30-22(26)7-6-17-11-20(27-5)23-21(12-17)28-8-9-29-23/h6-7,10-12,14H,8-9,13H2,1-5H3/b7-6+. The van der Waals surface area contributed by atoms with E-state index >= 15 is 0 Å². The summed E-state index contributed by atoms with van der Waals surface area (Å²) < 4.78 is 23.7. The fraction of sp³-hybridized carbons (Fsp3) is 0.391. The average Bonchev–Trinajstić information content (AvgIpc) is 3.03. The molecule has 0 N–H and O–H groups in total. The van der Waals surface area contributed by atoms with E-state index in [4.69, 9.17) is 18.9 Å². The van der Waals surface area contributed by atoms with Crippen LogP contribution in [0.5, 0.6) is 17.2 Å². The number of rotatable bonds is 7. The minimum absolute atomic E-state index is 0.224. The van der Waals surface area contributed by atoms with Gasteiger partial charge in [-0.3, -0.25) is 4.79 Å². The molecule has 0 unspecified atom stereocenters. The lowest BCUT2D eigenvalue weighted by atomic mass is 10.1. The fourth-order valence-corrected chi connectivity index (χ4v) is 3.67. The van der Waals surface area contributed by atoms with E-state index in [0.717, 1.165) is 11.4 Å². The first-order valence-electron chi connectivity index (χ1n) is 9.86. The van der Waals surface area contributed by atoms with Crippen LogP contribution in [-0.4, -0.2) is 43.3 Å². The number of fused-ring (bicyclic) bond motifs is 1. The smallest absolute Gasteiger partial charge is 0.331 e.